The number of alkyl halides is 1. The Balaban J connectivity index is 3.32. The van der Waals surface area contributed by atoms with E-state index in [1.807, 2.05) is 6.92 Å². The van der Waals surface area contributed by atoms with Crippen LogP contribution in [0.3, 0.4) is 0 Å². The Bertz CT molecular complexity index is 68.1. The second kappa shape index (κ2) is 5.44. The van der Waals surface area contributed by atoms with Crippen molar-refractivity contribution in [1.82, 2.24) is 0 Å². The first kappa shape index (κ1) is 9.65. The number of rotatable bonds is 4. The van der Waals surface area contributed by atoms with Gasteiger partial charge in [-0.25, -0.2) is 0 Å². The van der Waals surface area contributed by atoms with Crippen LogP contribution in [0.15, 0.2) is 0 Å². The molecule has 2 atom stereocenters. The highest BCUT2D eigenvalue weighted by atomic mass is 127. The van der Waals surface area contributed by atoms with E-state index in [2.05, 4.69) is 22.6 Å². The Hall–Kier alpha value is 0.650. The van der Waals surface area contributed by atoms with E-state index < -0.39 is 0 Å². The monoisotopic (exact) mass is 244 g/mol. The molecule has 9 heavy (non-hydrogen) atoms. The van der Waals surface area contributed by atoms with Gasteiger partial charge in [0.15, 0.2) is 0 Å². The van der Waals surface area contributed by atoms with Gasteiger partial charge in [0, 0.05) is 0 Å². The fourth-order valence-electron chi connectivity index (χ4n) is 0.598. The molecule has 0 radical (unpaired) electrons. The molecular weight excluding hydrogens is 231 g/mol. The van der Waals surface area contributed by atoms with Crippen LogP contribution in [0.25, 0.3) is 0 Å². The highest BCUT2D eigenvalue weighted by Crippen LogP contribution is 2.09. The van der Waals surface area contributed by atoms with Crippen molar-refractivity contribution in [2.24, 2.45) is 0 Å². The van der Waals surface area contributed by atoms with Gasteiger partial charge in [-0.2, -0.15) is 0 Å². The molecule has 0 aromatic heterocycles. The molecule has 0 fully saturated rings. The first-order valence-electron chi connectivity index (χ1n) is 3.15. The molecule has 0 saturated heterocycles. The maximum Gasteiger partial charge on any atom is 0.0679 e. The van der Waals surface area contributed by atoms with E-state index in [0.717, 1.165) is 12.8 Å². The van der Waals surface area contributed by atoms with Gasteiger partial charge in [0.05, 0.1) is 16.6 Å². The van der Waals surface area contributed by atoms with Gasteiger partial charge < -0.3 is 10.2 Å². The average molecular weight is 244 g/mol. The molecule has 56 valence electrons. The molecule has 0 heterocycles. The van der Waals surface area contributed by atoms with Crippen LogP contribution in [0.4, 0.5) is 0 Å². The lowest BCUT2D eigenvalue weighted by Crippen LogP contribution is -2.22. The van der Waals surface area contributed by atoms with Gasteiger partial charge in [-0.1, -0.05) is 35.9 Å². The first-order valence-corrected chi connectivity index (χ1v) is 4.40. The SMILES string of the molecule is CCC[C@H](O)[C@@H](I)CO. The van der Waals surface area contributed by atoms with Crippen molar-refractivity contribution in [2.45, 2.75) is 29.8 Å². The zero-order valence-corrected chi connectivity index (χ0v) is 7.71. The van der Waals surface area contributed by atoms with Crippen molar-refractivity contribution in [1.29, 1.82) is 0 Å². The van der Waals surface area contributed by atoms with Gasteiger partial charge in [-0.15, -0.1) is 0 Å². The molecular formula is C6H13IO2. The third kappa shape index (κ3) is 4.11. The average Bonchev–Trinajstić information content (AvgIpc) is 1.87. The molecule has 2 nitrogen and oxygen atoms in total. The molecule has 0 rings (SSSR count). The van der Waals surface area contributed by atoms with Crippen molar-refractivity contribution < 1.29 is 10.2 Å². The zero-order valence-electron chi connectivity index (χ0n) is 5.55. The first-order chi connectivity index (χ1) is 4.22. The van der Waals surface area contributed by atoms with Gasteiger partial charge in [0.1, 0.15) is 0 Å². The summed E-state index contributed by atoms with van der Waals surface area (Å²) < 4.78 is 0.00236. The third-order valence-electron chi connectivity index (χ3n) is 1.18. The summed E-state index contributed by atoms with van der Waals surface area (Å²) in [5, 5.41) is 17.7. The van der Waals surface area contributed by atoms with Crippen LogP contribution < -0.4 is 0 Å². The Morgan fingerprint density at radius 3 is 2.44 bits per heavy atom. The third-order valence-corrected chi connectivity index (χ3v) is 2.40. The molecule has 0 saturated carbocycles. The van der Waals surface area contributed by atoms with Gasteiger partial charge in [0.25, 0.3) is 0 Å². The summed E-state index contributed by atoms with van der Waals surface area (Å²) in [5.41, 5.74) is 0. The summed E-state index contributed by atoms with van der Waals surface area (Å²) in [6.45, 7) is 2.09. The largest absolute Gasteiger partial charge is 0.395 e. The molecule has 0 aromatic rings. The van der Waals surface area contributed by atoms with E-state index >= 15 is 0 Å². The highest BCUT2D eigenvalue weighted by Gasteiger charge is 2.12. The summed E-state index contributed by atoms with van der Waals surface area (Å²) in [7, 11) is 0. The van der Waals surface area contributed by atoms with Crippen LogP contribution in [0.2, 0.25) is 0 Å². The summed E-state index contributed by atoms with van der Waals surface area (Å²) in [4.78, 5) is 0. The van der Waals surface area contributed by atoms with Crippen LogP contribution in [-0.4, -0.2) is 26.8 Å². The maximum atomic E-state index is 9.15. The van der Waals surface area contributed by atoms with E-state index in [-0.39, 0.29) is 16.6 Å². The van der Waals surface area contributed by atoms with Crippen molar-refractivity contribution in [3.8, 4) is 0 Å². The van der Waals surface area contributed by atoms with Crippen LogP contribution >= 0.6 is 22.6 Å². The summed E-state index contributed by atoms with van der Waals surface area (Å²) in [6, 6.07) is 0. The second-order valence-corrected chi connectivity index (χ2v) is 3.65. The minimum Gasteiger partial charge on any atom is -0.395 e. The molecule has 0 spiro atoms. The van der Waals surface area contributed by atoms with Crippen LogP contribution in [0.1, 0.15) is 19.8 Å². The summed E-state index contributed by atoms with van der Waals surface area (Å²) in [5.74, 6) is 0. The quantitative estimate of drug-likeness (QED) is 0.570. The lowest BCUT2D eigenvalue weighted by molar-refractivity contribution is 0.137. The minimum absolute atomic E-state index is 0.00236. The Labute approximate surface area is 69.4 Å². The Morgan fingerprint density at radius 2 is 2.11 bits per heavy atom. The van der Waals surface area contributed by atoms with E-state index in [1.54, 1.807) is 0 Å². The molecule has 0 aromatic carbocycles. The van der Waals surface area contributed by atoms with E-state index in [1.165, 1.54) is 0 Å². The van der Waals surface area contributed by atoms with Crippen LogP contribution in [0, 0.1) is 0 Å². The number of aliphatic hydroxyl groups excluding tert-OH is 2. The molecule has 2 N–H and O–H groups in total. The van der Waals surface area contributed by atoms with E-state index in [4.69, 9.17) is 10.2 Å². The smallest absolute Gasteiger partial charge is 0.0679 e. The van der Waals surface area contributed by atoms with Crippen LogP contribution in [-0.2, 0) is 0 Å². The van der Waals surface area contributed by atoms with Crippen LogP contribution in [0.5, 0.6) is 0 Å². The van der Waals surface area contributed by atoms with Crippen molar-refractivity contribution in [3.63, 3.8) is 0 Å². The van der Waals surface area contributed by atoms with Gasteiger partial charge in [-0.05, 0) is 6.42 Å². The number of aliphatic hydroxyl groups is 2. The lowest BCUT2D eigenvalue weighted by atomic mass is 10.1. The molecule has 3 heteroatoms. The normalized spacial score (nSPS) is 17.3. The number of hydrogen-bond acceptors (Lipinski definition) is 2. The van der Waals surface area contributed by atoms with E-state index in [0.29, 0.717) is 0 Å². The molecule has 0 bridgehead atoms. The van der Waals surface area contributed by atoms with Gasteiger partial charge in [0.2, 0.25) is 0 Å². The summed E-state index contributed by atoms with van der Waals surface area (Å²) >= 11 is 2.05. The van der Waals surface area contributed by atoms with Gasteiger partial charge >= 0.3 is 0 Å². The predicted octanol–water partition coefficient (Wildman–Crippen LogP) is 0.943. The summed E-state index contributed by atoms with van der Waals surface area (Å²) in [6.07, 6.45) is 1.43. The molecule has 0 aliphatic rings. The maximum absolute atomic E-state index is 9.15. The molecule has 0 aliphatic carbocycles. The lowest BCUT2D eigenvalue weighted by Gasteiger charge is -2.12. The molecule has 0 aliphatic heterocycles. The Kier molecular flexibility index (Phi) is 5.83. The number of halogens is 1. The van der Waals surface area contributed by atoms with Crippen molar-refractivity contribution >= 4 is 22.6 Å². The fraction of sp³-hybridized carbons (Fsp3) is 1.00. The Morgan fingerprint density at radius 1 is 1.56 bits per heavy atom. The van der Waals surface area contributed by atoms with Crippen molar-refractivity contribution in [3.05, 3.63) is 0 Å². The highest BCUT2D eigenvalue weighted by molar-refractivity contribution is 14.1. The second-order valence-electron chi connectivity index (χ2n) is 2.05. The van der Waals surface area contributed by atoms with E-state index in [9.17, 15) is 0 Å². The standard InChI is InChI=1S/C6H13IO2/c1-2-3-6(9)5(7)4-8/h5-6,8-9H,2-4H2,1H3/t5-,6-/m0/s1. The topological polar surface area (TPSA) is 40.5 Å². The molecule has 0 unspecified atom stereocenters. The minimum atomic E-state index is -0.333. The predicted molar refractivity (Wildman–Crippen MR) is 45.8 cm³/mol. The zero-order chi connectivity index (χ0) is 7.28. The fourth-order valence-corrected chi connectivity index (χ4v) is 0.958. The van der Waals surface area contributed by atoms with Crippen molar-refractivity contribution in [2.75, 3.05) is 6.61 Å². The molecule has 0 amide bonds. The number of hydrogen-bond donors (Lipinski definition) is 2. The van der Waals surface area contributed by atoms with Gasteiger partial charge in [-0.3, -0.25) is 0 Å².